The van der Waals surface area contributed by atoms with Crippen LogP contribution in [0.4, 0.5) is 9.52 Å². The molecule has 1 saturated heterocycles. The number of anilines is 1. The Balaban J connectivity index is 1.40. The number of nitrogens with one attached hydrogen (secondary N) is 1. The first-order valence-electron chi connectivity index (χ1n) is 9.34. The van der Waals surface area contributed by atoms with Gasteiger partial charge >= 0.3 is 0 Å². The van der Waals surface area contributed by atoms with E-state index in [0.29, 0.717) is 13.1 Å². The second-order valence-electron chi connectivity index (χ2n) is 6.96. The van der Waals surface area contributed by atoms with Crippen LogP contribution in [0, 0.1) is 11.7 Å². The van der Waals surface area contributed by atoms with Crippen LogP contribution in [0.1, 0.15) is 18.4 Å². The van der Waals surface area contributed by atoms with Crippen molar-refractivity contribution < 1.29 is 13.9 Å². The number of hydrogen-bond acceptors (Lipinski definition) is 5. The summed E-state index contributed by atoms with van der Waals surface area (Å²) >= 11 is 1.63. The topological polar surface area (TPSA) is 54.5 Å². The van der Waals surface area contributed by atoms with E-state index >= 15 is 0 Å². The van der Waals surface area contributed by atoms with E-state index in [2.05, 4.69) is 10.2 Å². The summed E-state index contributed by atoms with van der Waals surface area (Å²) in [5.74, 6) is 0.512. The molecule has 5 nitrogen and oxygen atoms in total. The second kappa shape index (κ2) is 8.14. The summed E-state index contributed by atoms with van der Waals surface area (Å²) in [4.78, 5) is 19.6. The number of amides is 1. The molecule has 1 aliphatic rings. The molecule has 2 heterocycles. The third-order valence-electron chi connectivity index (χ3n) is 5.03. The lowest BCUT2D eigenvalue weighted by Crippen LogP contribution is -2.42. The van der Waals surface area contributed by atoms with Crippen LogP contribution >= 0.6 is 11.3 Å². The lowest BCUT2D eigenvalue weighted by molar-refractivity contribution is -0.125. The van der Waals surface area contributed by atoms with Crippen LogP contribution in [0.3, 0.4) is 0 Å². The minimum atomic E-state index is -0.272. The van der Waals surface area contributed by atoms with Crippen LogP contribution in [0.2, 0.25) is 0 Å². The lowest BCUT2D eigenvalue weighted by atomic mass is 9.97. The van der Waals surface area contributed by atoms with E-state index in [1.807, 2.05) is 18.2 Å². The van der Waals surface area contributed by atoms with Crippen molar-refractivity contribution in [2.45, 2.75) is 19.4 Å². The zero-order chi connectivity index (χ0) is 19.5. The Hall–Kier alpha value is -2.67. The number of aromatic nitrogens is 1. The van der Waals surface area contributed by atoms with Gasteiger partial charge in [0.05, 0.1) is 23.2 Å². The number of carbonyl (C=O) groups excluding carboxylic acids is 1. The standard InChI is InChI=1S/C21H22FN3O2S/c1-27-17-8-9-18-19(11-17)28-21(24-18)25-10-2-3-15(13-25)20(26)23-12-14-4-6-16(22)7-5-14/h4-9,11,15H,2-3,10,12-13H2,1H3,(H,23,26). The molecular formula is C21H22FN3O2S. The van der Waals surface area contributed by atoms with Gasteiger partial charge in [0.25, 0.3) is 0 Å². The number of hydrogen-bond donors (Lipinski definition) is 1. The zero-order valence-corrected chi connectivity index (χ0v) is 16.5. The van der Waals surface area contributed by atoms with Gasteiger partial charge in [-0.05, 0) is 48.7 Å². The summed E-state index contributed by atoms with van der Waals surface area (Å²) in [6.07, 6.45) is 1.82. The first kappa shape index (κ1) is 18.7. The van der Waals surface area contributed by atoms with Crippen LogP contribution < -0.4 is 15.0 Å². The highest BCUT2D eigenvalue weighted by Crippen LogP contribution is 2.33. The Kier molecular flexibility index (Phi) is 5.43. The maximum atomic E-state index is 13.0. The van der Waals surface area contributed by atoms with Gasteiger partial charge in [-0.25, -0.2) is 9.37 Å². The van der Waals surface area contributed by atoms with Gasteiger partial charge in [-0.3, -0.25) is 4.79 Å². The van der Waals surface area contributed by atoms with Gasteiger partial charge in [-0.2, -0.15) is 0 Å². The van der Waals surface area contributed by atoms with Gasteiger partial charge in [0.1, 0.15) is 11.6 Å². The molecule has 146 valence electrons. The highest BCUT2D eigenvalue weighted by Gasteiger charge is 2.27. The van der Waals surface area contributed by atoms with E-state index in [4.69, 9.17) is 9.72 Å². The number of carbonyl (C=O) groups is 1. The average Bonchev–Trinajstić information content (AvgIpc) is 3.16. The van der Waals surface area contributed by atoms with Crippen molar-refractivity contribution in [2.24, 2.45) is 5.92 Å². The molecule has 7 heteroatoms. The molecule has 1 fully saturated rings. The molecule has 0 radical (unpaired) electrons. The van der Waals surface area contributed by atoms with E-state index in [0.717, 1.165) is 46.0 Å². The van der Waals surface area contributed by atoms with Crippen molar-refractivity contribution >= 4 is 32.6 Å². The summed E-state index contributed by atoms with van der Waals surface area (Å²) < 4.78 is 19.4. The highest BCUT2D eigenvalue weighted by atomic mass is 32.1. The molecule has 28 heavy (non-hydrogen) atoms. The van der Waals surface area contributed by atoms with Gasteiger partial charge in [-0.15, -0.1) is 0 Å². The maximum absolute atomic E-state index is 13.0. The smallest absolute Gasteiger partial charge is 0.225 e. The SMILES string of the molecule is COc1ccc2nc(N3CCCC(C(=O)NCc4ccc(F)cc4)C3)sc2c1. The van der Waals surface area contributed by atoms with Crippen molar-refractivity contribution in [3.63, 3.8) is 0 Å². The first-order valence-corrected chi connectivity index (χ1v) is 10.2. The number of benzene rings is 2. The molecule has 0 saturated carbocycles. The summed E-state index contributed by atoms with van der Waals surface area (Å²) in [5.41, 5.74) is 1.84. The van der Waals surface area contributed by atoms with Gasteiger partial charge in [0.2, 0.25) is 5.91 Å². The fourth-order valence-electron chi connectivity index (χ4n) is 3.46. The number of halogens is 1. The number of methoxy groups -OCH3 is 1. The molecule has 3 aromatic rings. The normalized spacial score (nSPS) is 16.9. The predicted octanol–water partition coefficient (Wildman–Crippen LogP) is 3.98. The van der Waals surface area contributed by atoms with Crippen LogP contribution in [-0.4, -0.2) is 31.1 Å². The van der Waals surface area contributed by atoms with E-state index in [9.17, 15) is 9.18 Å². The molecule has 2 aromatic carbocycles. The summed E-state index contributed by atoms with van der Waals surface area (Å²) in [6.45, 7) is 1.97. The number of nitrogens with zero attached hydrogens (tertiary/aromatic N) is 2. The first-order chi connectivity index (χ1) is 13.6. The lowest BCUT2D eigenvalue weighted by Gasteiger charge is -2.31. The van der Waals surface area contributed by atoms with E-state index in [1.54, 1.807) is 30.6 Å². The Bertz CT molecular complexity index is 973. The van der Waals surface area contributed by atoms with Crippen LogP contribution in [0.5, 0.6) is 5.75 Å². The second-order valence-corrected chi connectivity index (χ2v) is 7.97. The molecule has 0 bridgehead atoms. The van der Waals surface area contributed by atoms with Crippen LogP contribution in [0.25, 0.3) is 10.2 Å². The van der Waals surface area contributed by atoms with Gasteiger partial charge < -0.3 is 15.0 Å². The average molecular weight is 399 g/mol. The largest absolute Gasteiger partial charge is 0.497 e. The molecule has 4 rings (SSSR count). The van der Waals surface area contributed by atoms with Crippen molar-refractivity contribution in [1.82, 2.24) is 10.3 Å². The zero-order valence-electron chi connectivity index (χ0n) is 15.7. The van der Waals surface area contributed by atoms with E-state index in [1.165, 1.54) is 12.1 Å². The van der Waals surface area contributed by atoms with Crippen molar-refractivity contribution in [2.75, 3.05) is 25.1 Å². The Morgan fingerprint density at radius 3 is 2.93 bits per heavy atom. The molecule has 1 atom stereocenters. The number of fused-ring (bicyclic) bond motifs is 1. The molecule has 0 aliphatic carbocycles. The van der Waals surface area contributed by atoms with Crippen molar-refractivity contribution in [3.8, 4) is 5.75 Å². The highest BCUT2D eigenvalue weighted by molar-refractivity contribution is 7.22. The van der Waals surface area contributed by atoms with Gasteiger partial charge in [-0.1, -0.05) is 23.5 Å². The van der Waals surface area contributed by atoms with E-state index < -0.39 is 0 Å². The van der Waals surface area contributed by atoms with E-state index in [-0.39, 0.29) is 17.6 Å². The Morgan fingerprint density at radius 1 is 1.32 bits per heavy atom. The summed E-state index contributed by atoms with van der Waals surface area (Å²) in [6, 6.07) is 12.1. The molecule has 1 aliphatic heterocycles. The molecule has 1 unspecified atom stereocenters. The fourth-order valence-corrected chi connectivity index (χ4v) is 4.48. The molecule has 0 spiro atoms. The predicted molar refractivity (Wildman–Crippen MR) is 109 cm³/mol. The summed E-state index contributed by atoms with van der Waals surface area (Å²) in [7, 11) is 1.66. The number of piperidine rings is 1. The number of ether oxygens (including phenoxy) is 1. The Labute approximate surface area is 167 Å². The van der Waals surface area contributed by atoms with Gasteiger partial charge in [0, 0.05) is 19.6 Å². The number of thiazole rings is 1. The minimum Gasteiger partial charge on any atom is -0.497 e. The maximum Gasteiger partial charge on any atom is 0.225 e. The third kappa shape index (κ3) is 4.09. The van der Waals surface area contributed by atoms with Crippen LogP contribution in [0.15, 0.2) is 42.5 Å². The number of rotatable bonds is 5. The molecule has 1 amide bonds. The monoisotopic (exact) mass is 399 g/mol. The third-order valence-corrected chi connectivity index (χ3v) is 6.11. The summed E-state index contributed by atoms with van der Waals surface area (Å²) in [5, 5.41) is 3.92. The van der Waals surface area contributed by atoms with Gasteiger partial charge in [0.15, 0.2) is 5.13 Å². The fraction of sp³-hybridized carbons (Fsp3) is 0.333. The molecule has 1 N–H and O–H groups in total. The minimum absolute atomic E-state index is 0.0387. The molecule has 1 aromatic heterocycles. The quantitative estimate of drug-likeness (QED) is 0.705. The Morgan fingerprint density at radius 2 is 2.14 bits per heavy atom. The molecular weight excluding hydrogens is 377 g/mol. The van der Waals surface area contributed by atoms with Crippen molar-refractivity contribution in [1.29, 1.82) is 0 Å². The van der Waals surface area contributed by atoms with Crippen LogP contribution in [-0.2, 0) is 11.3 Å². The van der Waals surface area contributed by atoms with Crippen molar-refractivity contribution in [3.05, 3.63) is 53.8 Å².